The summed E-state index contributed by atoms with van der Waals surface area (Å²) in [6, 6.07) is 6.67. The molecule has 1 aromatic carbocycles. The first-order valence-corrected chi connectivity index (χ1v) is 7.53. The number of aromatic nitrogens is 4. The molecule has 0 aliphatic heterocycles. The van der Waals surface area contributed by atoms with Crippen LogP contribution in [0.3, 0.4) is 0 Å². The summed E-state index contributed by atoms with van der Waals surface area (Å²) >= 11 is 0. The van der Waals surface area contributed by atoms with Crippen LogP contribution in [0.1, 0.15) is 12.0 Å². The van der Waals surface area contributed by atoms with Crippen LogP contribution in [0, 0.1) is 0 Å². The van der Waals surface area contributed by atoms with Crippen LogP contribution in [-0.2, 0) is 22.6 Å². The number of H-pyrrole nitrogens is 1. The second-order valence-corrected chi connectivity index (χ2v) is 5.43. The summed E-state index contributed by atoms with van der Waals surface area (Å²) < 4.78 is 1.52. The quantitative estimate of drug-likeness (QED) is 0.598. The lowest BCUT2D eigenvalue weighted by Crippen LogP contribution is -2.42. The topological polar surface area (TPSA) is 113 Å². The molecule has 0 aliphatic carbocycles. The molecule has 0 fully saturated rings. The highest BCUT2D eigenvalue weighted by Gasteiger charge is 2.21. The molecule has 0 aliphatic rings. The Balaban J connectivity index is 1.64. The lowest BCUT2D eigenvalue weighted by Gasteiger charge is -2.14. The molecule has 3 aromatic rings. The van der Waals surface area contributed by atoms with E-state index in [9.17, 15) is 14.7 Å². The summed E-state index contributed by atoms with van der Waals surface area (Å²) in [5, 5.41) is 16.8. The van der Waals surface area contributed by atoms with Crippen LogP contribution in [0.15, 0.2) is 43.1 Å². The summed E-state index contributed by atoms with van der Waals surface area (Å²) in [6.07, 6.45) is 5.03. The molecule has 0 bridgehead atoms. The van der Waals surface area contributed by atoms with E-state index in [4.69, 9.17) is 0 Å². The van der Waals surface area contributed by atoms with Gasteiger partial charge in [0.2, 0.25) is 5.91 Å². The van der Waals surface area contributed by atoms with E-state index in [0.29, 0.717) is 6.54 Å². The van der Waals surface area contributed by atoms with Crippen molar-refractivity contribution in [3.05, 3.63) is 48.7 Å². The Hall–Kier alpha value is -3.16. The molecule has 3 rings (SSSR count). The third-order valence-corrected chi connectivity index (χ3v) is 3.77. The molecule has 1 unspecified atom stereocenters. The Morgan fingerprint density at radius 3 is 2.92 bits per heavy atom. The number of amides is 1. The fourth-order valence-electron chi connectivity index (χ4n) is 2.55. The molecule has 1 amide bonds. The summed E-state index contributed by atoms with van der Waals surface area (Å²) in [7, 11) is 0. The average Bonchev–Trinajstić information content (AvgIpc) is 3.22. The third kappa shape index (κ3) is 3.60. The van der Waals surface area contributed by atoms with Crippen molar-refractivity contribution in [2.75, 3.05) is 0 Å². The van der Waals surface area contributed by atoms with Crippen molar-refractivity contribution in [2.45, 2.75) is 25.4 Å². The van der Waals surface area contributed by atoms with Crippen LogP contribution >= 0.6 is 0 Å². The minimum Gasteiger partial charge on any atom is -0.480 e. The van der Waals surface area contributed by atoms with Crippen LogP contribution in [0.25, 0.3) is 10.9 Å². The average molecular weight is 327 g/mol. The Morgan fingerprint density at radius 1 is 1.33 bits per heavy atom. The maximum Gasteiger partial charge on any atom is 0.326 e. The number of carbonyl (C=O) groups excluding carboxylic acids is 1. The first-order chi connectivity index (χ1) is 11.6. The highest BCUT2D eigenvalue weighted by molar-refractivity contribution is 5.86. The minimum absolute atomic E-state index is 0.140. The highest BCUT2D eigenvalue weighted by Crippen LogP contribution is 2.19. The first kappa shape index (κ1) is 15.7. The molecular formula is C16H17N5O3. The fraction of sp³-hybridized carbons (Fsp3) is 0.250. The van der Waals surface area contributed by atoms with Gasteiger partial charge in [0, 0.05) is 29.9 Å². The smallest absolute Gasteiger partial charge is 0.326 e. The van der Waals surface area contributed by atoms with Gasteiger partial charge in [-0.15, -0.1) is 0 Å². The molecular weight excluding hydrogens is 310 g/mol. The van der Waals surface area contributed by atoms with Gasteiger partial charge in [0.1, 0.15) is 18.7 Å². The second kappa shape index (κ2) is 6.95. The highest BCUT2D eigenvalue weighted by atomic mass is 16.4. The number of aromatic amines is 1. The molecule has 0 saturated heterocycles. The van der Waals surface area contributed by atoms with Crippen molar-refractivity contribution in [3.63, 3.8) is 0 Å². The molecule has 8 nitrogen and oxygen atoms in total. The van der Waals surface area contributed by atoms with Crippen molar-refractivity contribution in [3.8, 4) is 0 Å². The third-order valence-electron chi connectivity index (χ3n) is 3.77. The van der Waals surface area contributed by atoms with Crippen molar-refractivity contribution in [1.29, 1.82) is 0 Å². The number of para-hydroxylation sites is 1. The maximum absolute atomic E-state index is 12.0. The standard InChI is InChI=1S/C16H17N5O3/c22-15(5-6-21-10-17-9-19-21)20-14(16(23)24)7-11-8-18-13-4-2-1-3-12(11)13/h1-4,8-10,14,18H,5-7H2,(H,20,22)(H,23,24). The summed E-state index contributed by atoms with van der Waals surface area (Å²) in [4.78, 5) is 30.4. The zero-order valence-electron chi connectivity index (χ0n) is 12.8. The number of nitrogens with one attached hydrogen (secondary N) is 2. The summed E-state index contributed by atoms with van der Waals surface area (Å²) in [5.74, 6) is -1.40. The zero-order chi connectivity index (χ0) is 16.9. The molecule has 1 atom stereocenters. The number of carbonyl (C=O) groups is 2. The van der Waals surface area contributed by atoms with E-state index in [1.54, 1.807) is 6.20 Å². The zero-order valence-corrected chi connectivity index (χ0v) is 12.8. The fourth-order valence-corrected chi connectivity index (χ4v) is 2.55. The van der Waals surface area contributed by atoms with Crippen molar-refractivity contribution < 1.29 is 14.7 Å². The van der Waals surface area contributed by atoms with Crippen LogP contribution in [0.2, 0.25) is 0 Å². The number of hydrogen-bond donors (Lipinski definition) is 3. The van der Waals surface area contributed by atoms with Gasteiger partial charge in [0.15, 0.2) is 0 Å². The SMILES string of the molecule is O=C(CCn1cncn1)NC(Cc1c[nH]c2ccccc12)C(=O)O. The van der Waals surface area contributed by atoms with Crippen LogP contribution in [0.5, 0.6) is 0 Å². The molecule has 8 heteroatoms. The van der Waals surface area contributed by atoms with Gasteiger partial charge in [-0.3, -0.25) is 9.48 Å². The minimum atomic E-state index is -1.06. The van der Waals surface area contributed by atoms with Gasteiger partial charge in [-0.2, -0.15) is 5.10 Å². The Bertz CT molecular complexity index is 840. The van der Waals surface area contributed by atoms with Gasteiger partial charge in [-0.25, -0.2) is 9.78 Å². The van der Waals surface area contributed by atoms with E-state index in [1.165, 1.54) is 17.3 Å². The second-order valence-electron chi connectivity index (χ2n) is 5.43. The van der Waals surface area contributed by atoms with Crippen molar-refractivity contribution >= 4 is 22.8 Å². The molecule has 24 heavy (non-hydrogen) atoms. The lowest BCUT2D eigenvalue weighted by atomic mass is 10.0. The van der Waals surface area contributed by atoms with Gasteiger partial charge < -0.3 is 15.4 Å². The summed E-state index contributed by atoms with van der Waals surface area (Å²) in [5.41, 5.74) is 1.80. The predicted molar refractivity (Wildman–Crippen MR) is 86.2 cm³/mol. The molecule has 0 saturated carbocycles. The largest absolute Gasteiger partial charge is 0.480 e. The van der Waals surface area contributed by atoms with Crippen LogP contribution in [-0.4, -0.2) is 42.8 Å². The maximum atomic E-state index is 12.0. The van der Waals surface area contributed by atoms with Crippen molar-refractivity contribution in [1.82, 2.24) is 25.1 Å². The lowest BCUT2D eigenvalue weighted by molar-refractivity contribution is -0.141. The number of hydrogen-bond acceptors (Lipinski definition) is 4. The Labute approximate surface area is 137 Å². The molecule has 2 heterocycles. The Morgan fingerprint density at radius 2 is 2.17 bits per heavy atom. The van der Waals surface area contributed by atoms with E-state index in [2.05, 4.69) is 20.4 Å². The van der Waals surface area contributed by atoms with Crippen LogP contribution in [0.4, 0.5) is 0 Å². The van der Waals surface area contributed by atoms with Gasteiger partial charge >= 0.3 is 5.97 Å². The molecule has 2 aromatic heterocycles. The molecule has 3 N–H and O–H groups in total. The van der Waals surface area contributed by atoms with Crippen molar-refractivity contribution in [2.24, 2.45) is 0 Å². The summed E-state index contributed by atoms with van der Waals surface area (Å²) in [6.45, 7) is 0.352. The van der Waals surface area contributed by atoms with E-state index in [1.807, 2.05) is 24.3 Å². The number of rotatable bonds is 7. The van der Waals surface area contributed by atoms with Gasteiger partial charge in [-0.05, 0) is 11.6 Å². The first-order valence-electron chi connectivity index (χ1n) is 7.53. The van der Waals surface area contributed by atoms with E-state index in [-0.39, 0.29) is 18.7 Å². The molecule has 0 radical (unpaired) electrons. The number of carboxylic acid groups (broad SMARTS) is 1. The normalized spacial score (nSPS) is 12.2. The van der Waals surface area contributed by atoms with Gasteiger partial charge in [-0.1, -0.05) is 18.2 Å². The van der Waals surface area contributed by atoms with Gasteiger partial charge in [0.05, 0.1) is 6.54 Å². The number of carboxylic acids is 1. The molecule has 0 spiro atoms. The predicted octanol–water partition coefficient (Wildman–Crippen LogP) is 0.962. The Kier molecular flexibility index (Phi) is 4.55. The van der Waals surface area contributed by atoms with E-state index >= 15 is 0 Å². The van der Waals surface area contributed by atoms with Gasteiger partial charge in [0.25, 0.3) is 0 Å². The number of fused-ring (bicyclic) bond motifs is 1. The van der Waals surface area contributed by atoms with E-state index < -0.39 is 12.0 Å². The number of aryl methyl sites for hydroxylation is 1. The number of nitrogens with zero attached hydrogens (tertiary/aromatic N) is 3. The number of aliphatic carboxylic acids is 1. The number of benzene rings is 1. The van der Waals surface area contributed by atoms with Crippen LogP contribution < -0.4 is 5.32 Å². The van der Waals surface area contributed by atoms with E-state index in [0.717, 1.165) is 16.5 Å². The molecule has 124 valence electrons. The monoisotopic (exact) mass is 327 g/mol.